The maximum absolute atomic E-state index is 6.12. The fourth-order valence-corrected chi connectivity index (χ4v) is 2.14. The summed E-state index contributed by atoms with van der Waals surface area (Å²) in [6.45, 7) is 0.806. The van der Waals surface area contributed by atoms with Gasteiger partial charge in [-0.05, 0) is 24.3 Å². The van der Waals surface area contributed by atoms with Gasteiger partial charge < -0.3 is 8.98 Å². The minimum Gasteiger partial charge on any atom is -0.472 e. The first-order valence-corrected chi connectivity index (χ1v) is 5.47. The molecule has 3 rings (SSSR count). The fourth-order valence-electron chi connectivity index (χ4n) is 1.90. The predicted molar refractivity (Wildman–Crippen MR) is 64.8 cm³/mol. The fraction of sp³-hybridized carbons (Fsp3) is 0.0769. The molecule has 0 aliphatic rings. The van der Waals surface area contributed by atoms with E-state index in [1.54, 1.807) is 12.5 Å². The summed E-state index contributed by atoms with van der Waals surface area (Å²) in [6.07, 6.45) is 5.49. The van der Waals surface area contributed by atoms with E-state index >= 15 is 0 Å². The molecule has 0 unspecified atom stereocenters. The molecule has 3 heteroatoms. The Morgan fingerprint density at radius 1 is 1.19 bits per heavy atom. The van der Waals surface area contributed by atoms with Crippen LogP contribution in [0.1, 0.15) is 5.56 Å². The predicted octanol–water partition coefficient (Wildman–Crippen LogP) is 3.94. The number of halogens is 1. The van der Waals surface area contributed by atoms with Crippen molar-refractivity contribution >= 4 is 22.5 Å². The van der Waals surface area contributed by atoms with Crippen molar-refractivity contribution in [3.8, 4) is 0 Å². The maximum atomic E-state index is 6.12. The summed E-state index contributed by atoms with van der Waals surface area (Å²) in [5, 5.41) is 1.89. The van der Waals surface area contributed by atoms with Gasteiger partial charge >= 0.3 is 0 Å². The molecule has 0 saturated carbocycles. The van der Waals surface area contributed by atoms with E-state index < -0.39 is 0 Å². The molecule has 0 spiro atoms. The van der Waals surface area contributed by atoms with Crippen LogP contribution in [0, 0.1) is 0 Å². The van der Waals surface area contributed by atoms with Gasteiger partial charge in [-0.3, -0.25) is 0 Å². The molecule has 16 heavy (non-hydrogen) atoms. The van der Waals surface area contributed by atoms with Crippen LogP contribution >= 0.6 is 11.6 Å². The van der Waals surface area contributed by atoms with Crippen LogP contribution < -0.4 is 0 Å². The highest BCUT2D eigenvalue weighted by Crippen LogP contribution is 2.24. The highest BCUT2D eigenvalue weighted by molar-refractivity contribution is 6.35. The van der Waals surface area contributed by atoms with E-state index in [1.165, 1.54) is 0 Å². The molecule has 80 valence electrons. The molecule has 0 saturated heterocycles. The maximum Gasteiger partial charge on any atom is 0.0952 e. The normalized spacial score (nSPS) is 11.1. The summed E-state index contributed by atoms with van der Waals surface area (Å²) < 4.78 is 7.22. The number of hydrogen-bond acceptors (Lipinski definition) is 1. The zero-order chi connectivity index (χ0) is 11.0. The Balaban J connectivity index is 2.08. The van der Waals surface area contributed by atoms with Crippen molar-refractivity contribution in [3.63, 3.8) is 0 Å². The molecule has 0 radical (unpaired) electrons. The zero-order valence-corrected chi connectivity index (χ0v) is 9.32. The highest BCUT2D eigenvalue weighted by Gasteiger charge is 2.04. The van der Waals surface area contributed by atoms with Gasteiger partial charge in [0.05, 0.1) is 19.1 Å². The van der Waals surface area contributed by atoms with Gasteiger partial charge in [-0.25, -0.2) is 0 Å². The van der Waals surface area contributed by atoms with Gasteiger partial charge in [0.1, 0.15) is 0 Å². The summed E-state index contributed by atoms with van der Waals surface area (Å²) in [4.78, 5) is 0. The lowest BCUT2D eigenvalue weighted by atomic mass is 10.2. The third kappa shape index (κ3) is 1.51. The number of rotatable bonds is 2. The SMILES string of the molecule is Clc1cccc2c1ccn2Cc1ccoc1. The summed E-state index contributed by atoms with van der Waals surface area (Å²) in [5.41, 5.74) is 2.30. The van der Waals surface area contributed by atoms with Crippen LogP contribution in [0.15, 0.2) is 53.5 Å². The van der Waals surface area contributed by atoms with Crippen LogP contribution in [0.3, 0.4) is 0 Å². The molecule has 2 heterocycles. The van der Waals surface area contributed by atoms with E-state index in [0.717, 1.165) is 28.0 Å². The van der Waals surface area contributed by atoms with E-state index in [2.05, 4.69) is 10.6 Å². The Morgan fingerprint density at radius 2 is 2.12 bits per heavy atom. The zero-order valence-electron chi connectivity index (χ0n) is 8.56. The molecule has 0 fully saturated rings. The van der Waals surface area contributed by atoms with Crippen molar-refractivity contribution in [2.45, 2.75) is 6.54 Å². The number of aromatic nitrogens is 1. The van der Waals surface area contributed by atoms with Crippen LogP contribution in [-0.4, -0.2) is 4.57 Å². The molecule has 0 aliphatic heterocycles. The van der Waals surface area contributed by atoms with Gasteiger partial charge in [0.25, 0.3) is 0 Å². The van der Waals surface area contributed by atoms with E-state index in [9.17, 15) is 0 Å². The first kappa shape index (κ1) is 9.55. The van der Waals surface area contributed by atoms with Gasteiger partial charge in [0, 0.05) is 27.7 Å². The quantitative estimate of drug-likeness (QED) is 0.653. The van der Waals surface area contributed by atoms with Crippen LogP contribution in [0.2, 0.25) is 5.02 Å². The Labute approximate surface area is 98.1 Å². The molecule has 0 aliphatic carbocycles. The van der Waals surface area contributed by atoms with Crippen molar-refractivity contribution in [2.75, 3.05) is 0 Å². The summed E-state index contributed by atoms with van der Waals surface area (Å²) in [7, 11) is 0. The van der Waals surface area contributed by atoms with Crippen molar-refractivity contribution in [1.82, 2.24) is 4.57 Å². The minimum absolute atomic E-state index is 0.795. The molecule has 0 bridgehead atoms. The average Bonchev–Trinajstić information content (AvgIpc) is 2.90. The largest absolute Gasteiger partial charge is 0.472 e. The van der Waals surface area contributed by atoms with E-state index in [0.29, 0.717) is 0 Å². The molecule has 0 N–H and O–H groups in total. The van der Waals surface area contributed by atoms with Gasteiger partial charge in [0.15, 0.2) is 0 Å². The molecule has 2 aromatic heterocycles. The molecular weight excluding hydrogens is 222 g/mol. The van der Waals surface area contributed by atoms with Gasteiger partial charge in [-0.1, -0.05) is 17.7 Å². The second kappa shape index (κ2) is 3.72. The molecule has 3 aromatic rings. The molecule has 0 amide bonds. The van der Waals surface area contributed by atoms with Crippen LogP contribution in [-0.2, 0) is 6.54 Å². The third-order valence-corrected chi connectivity index (χ3v) is 3.02. The molecule has 0 atom stereocenters. The minimum atomic E-state index is 0.795. The van der Waals surface area contributed by atoms with Crippen molar-refractivity contribution < 1.29 is 4.42 Å². The Hall–Kier alpha value is -1.67. The van der Waals surface area contributed by atoms with Gasteiger partial charge in [0.2, 0.25) is 0 Å². The summed E-state index contributed by atoms with van der Waals surface area (Å²) >= 11 is 6.12. The average molecular weight is 232 g/mol. The second-order valence-electron chi connectivity index (χ2n) is 3.75. The van der Waals surface area contributed by atoms with Crippen molar-refractivity contribution in [2.24, 2.45) is 0 Å². The van der Waals surface area contributed by atoms with Crippen LogP contribution in [0.5, 0.6) is 0 Å². The Kier molecular flexibility index (Phi) is 2.22. The highest BCUT2D eigenvalue weighted by atomic mass is 35.5. The number of nitrogens with zero attached hydrogens (tertiary/aromatic N) is 1. The number of furan rings is 1. The van der Waals surface area contributed by atoms with Gasteiger partial charge in [-0.2, -0.15) is 0 Å². The lowest BCUT2D eigenvalue weighted by Crippen LogP contribution is -1.95. The molecule has 2 nitrogen and oxygen atoms in total. The summed E-state index contributed by atoms with van der Waals surface area (Å²) in [5.74, 6) is 0. The van der Waals surface area contributed by atoms with E-state index in [4.69, 9.17) is 16.0 Å². The lowest BCUT2D eigenvalue weighted by Gasteiger charge is -2.03. The van der Waals surface area contributed by atoms with E-state index in [-0.39, 0.29) is 0 Å². The van der Waals surface area contributed by atoms with Crippen molar-refractivity contribution in [3.05, 3.63) is 59.6 Å². The molecular formula is C13H10ClNO. The number of benzene rings is 1. The standard InChI is InChI=1S/C13H10ClNO/c14-12-2-1-3-13-11(12)4-6-15(13)8-10-5-7-16-9-10/h1-7,9H,8H2. The lowest BCUT2D eigenvalue weighted by molar-refractivity contribution is 0.562. The monoisotopic (exact) mass is 231 g/mol. The number of hydrogen-bond donors (Lipinski definition) is 0. The topological polar surface area (TPSA) is 18.1 Å². The Morgan fingerprint density at radius 3 is 2.94 bits per heavy atom. The number of fused-ring (bicyclic) bond motifs is 1. The first-order valence-electron chi connectivity index (χ1n) is 5.09. The van der Waals surface area contributed by atoms with Crippen LogP contribution in [0.25, 0.3) is 10.9 Å². The third-order valence-electron chi connectivity index (χ3n) is 2.69. The smallest absolute Gasteiger partial charge is 0.0952 e. The second-order valence-corrected chi connectivity index (χ2v) is 4.16. The van der Waals surface area contributed by atoms with Gasteiger partial charge in [-0.15, -0.1) is 0 Å². The van der Waals surface area contributed by atoms with Crippen molar-refractivity contribution in [1.29, 1.82) is 0 Å². The van der Waals surface area contributed by atoms with Crippen LogP contribution in [0.4, 0.5) is 0 Å². The molecule has 1 aromatic carbocycles. The summed E-state index contributed by atoms with van der Waals surface area (Å²) in [6, 6.07) is 9.96. The Bertz CT molecular complexity index is 610. The first-order chi connectivity index (χ1) is 7.84. The van der Waals surface area contributed by atoms with E-state index in [1.807, 2.05) is 30.5 Å².